The van der Waals surface area contributed by atoms with Crippen LogP contribution in [0.25, 0.3) is 10.9 Å². The molecule has 2 heterocycles. The first-order valence-corrected chi connectivity index (χ1v) is 13.6. The van der Waals surface area contributed by atoms with E-state index in [1.165, 1.54) is 11.7 Å². The van der Waals surface area contributed by atoms with Crippen molar-refractivity contribution in [3.8, 4) is 17.6 Å². The molecule has 39 heavy (non-hydrogen) atoms. The van der Waals surface area contributed by atoms with Gasteiger partial charge in [0.2, 0.25) is 0 Å². The van der Waals surface area contributed by atoms with Gasteiger partial charge in [0, 0.05) is 36.9 Å². The van der Waals surface area contributed by atoms with Gasteiger partial charge in [0.05, 0.1) is 42.1 Å². The number of aliphatic hydroxyl groups is 1. The van der Waals surface area contributed by atoms with Crippen LogP contribution in [-0.4, -0.2) is 66.1 Å². The molecule has 1 aliphatic rings. The van der Waals surface area contributed by atoms with E-state index < -0.39 is 23.7 Å². The molecule has 0 bridgehead atoms. The lowest BCUT2D eigenvalue weighted by atomic mass is 10.1. The quantitative estimate of drug-likeness (QED) is 0.279. The fourth-order valence-corrected chi connectivity index (χ4v) is 5.20. The van der Waals surface area contributed by atoms with Crippen molar-refractivity contribution in [1.29, 1.82) is 0 Å². The highest BCUT2D eigenvalue weighted by atomic mass is 32.2. The smallest absolute Gasteiger partial charge is 0.406 e. The molecule has 0 aliphatic carbocycles. The summed E-state index contributed by atoms with van der Waals surface area (Å²) >= 11 is 0. The molecule has 12 heteroatoms. The average molecular weight is 565 g/mol. The lowest BCUT2D eigenvalue weighted by Gasteiger charge is -2.24. The molecule has 1 aromatic heterocycles. The molecule has 4 rings (SSSR count). The second-order valence-electron chi connectivity index (χ2n) is 8.90. The monoisotopic (exact) mass is 564 g/mol. The highest BCUT2D eigenvalue weighted by molar-refractivity contribution is 7.83. The van der Waals surface area contributed by atoms with Gasteiger partial charge >= 0.3 is 6.18 Å². The lowest BCUT2D eigenvalue weighted by Crippen LogP contribution is -2.27. The molecule has 0 saturated carbocycles. The first kappa shape index (κ1) is 28.8. The van der Waals surface area contributed by atoms with Crippen LogP contribution >= 0.6 is 0 Å². The van der Waals surface area contributed by atoms with Crippen molar-refractivity contribution in [2.24, 2.45) is 0 Å². The van der Waals surface area contributed by atoms with Crippen molar-refractivity contribution >= 4 is 33.3 Å². The Balaban J connectivity index is 1.55. The van der Waals surface area contributed by atoms with Crippen LogP contribution in [0.4, 0.5) is 24.5 Å². The number of benzene rings is 2. The molecule has 1 aliphatic heterocycles. The van der Waals surface area contributed by atoms with Gasteiger partial charge in [-0.15, -0.1) is 0 Å². The maximum absolute atomic E-state index is 13.5. The minimum atomic E-state index is -4.41. The number of halogens is 3. The number of methoxy groups -OCH3 is 1. The predicted octanol–water partition coefficient (Wildman–Crippen LogP) is 3.87. The maximum Gasteiger partial charge on any atom is 0.406 e. The van der Waals surface area contributed by atoms with E-state index >= 15 is 0 Å². The van der Waals surface area contributed by atoms with E-state index in [0.29, 0.717) is 40.4 Å². The van der Waals surface area contributed by atoms with Gasteiger partial charge in [-0.2, -0.15) is 13.2 Å². The third kappa shape index (κ3) is 7.67. The summed E-state index contributed by atoms with van der Waals surface area (Å²) in [5.41, 5.74) is 2.09. The van der Waals surface area contributed by atoms with Gasteiger partial charge in [-0.05, 0) is 55.2 Å². The molecular weight excluding hydrogens is 533 g/mol. The molecule has 1 fully saturated rings. The summed E-state index contributed by atoms with van der Waals surface area (Å²) in [4.78, 5) is 0.471. The second kappa shape index (κ2) is 13.2. The Bertz CT molecular complexity index is 1360. The van der Waals surface area contributed by atoms with Crippen molar-refractivity contribution < 1.29 is 32.0 Å². The molecule has 0 spiro atoms. The van der Waals surface area contributed by atoms with Gasteiger partial charge in [-0.3, -0.25) is 0 Å². The Hall–Kier alpha value is -3.24. The fourth-order valence-electron chi connectivity index (χ4n) is 4.35. The number of nitrogens with one attached hydrogen (secondary N) is 3. The van der Waals surface area contributed by atoms with Crippen LogP contribution in [0.3, 0.4) is 0 Å². The SMILES string of the molecule is COc1cc(S(=O)NCCO)ccc1NCC#Cc1cc2c(NC3CCOCC3)cccc2n1CC(F)(F)F. The number of aliphatic hydroxyl groups excluding tert-OH is 1. The van der Waals surface area contributed by atoms with Crippen molar-refractivity contribution in [3.05, 3.63) is 48.2 Å². The lowest BCUT2D eigenvalue weighted by molar-refractivity contribution is -0.140. The summed E-state index contributed by atoms with van der Waals surface area (Å²) in [5, 5.41) is 16.1. The maximum atomic E-state index is 13.5. The Kier molecular flexibility index (Phi) is 9.74. The van der Waals surface area contributed by atoms with Crippen LogP contribution < -0.4 is 20.1 Å². The van der Waals surface area contributed by atoms with Crippen molar-refractivity contribution in [2.75, 3.05) is 50.7 Å². The van der Waals surface area contributed by atoms with E-state index in [-0.39, 0.29) is 31.4 Å². The summed E-state index contributed by atoms with van der Waals surface area (Å²) in [6.45, 7) is 0.337. The molecule has 4 N–H and O–H groups in total. The molecule has 0 amide bonds. The molecule has 3 aromatic rings. The Morgan fingerprint density at radius 3 is 2.69 bits per heavy atom. The number of ether oxygens (including phenoxy) is 2. The van der Waals surface area contributed by atoms with Crippen molar-refractivity contribution in [2.45, 2.75) is 36.5 Å². The Morgan fingerprint density at radius 2 is 1.97 bits per heavy atom. The molecule has 8 nitrogen and oxygen atoms in total. The Morgan fingerprint density at radius 1 is 1.18 bits per heavy atom. The minimum absolute atomic E-state index is 0.141. The number of aromatic nitrogens is 1. The molecule has 2 aromatic carbocycles. The van der Waals surface area contributed by atoms with Gasteiger partial charge in [0.15, 0.2) is 0 Å². The van der Waals surface area contributed by atoms with Crippen LogP contribution in [-0.2, 0) is 22.3 Å². The number of rotatable bonds is 10. The standard InChI is InChI=1S/C27H31F3N4O4S/c1-37-26-17-21(39(36)32-12-13-35)7-8-24(26)31-11-3-4-20-16-22-23(33-19-9-14-38-15-10-19)5-2-6-25(22)34(20)18-27(28,29)30/h2,5-8,16-17,19,31-33,35H,9-15,18H2,1H3. The largest absolute Gasteiger partial charge is 0.495 e. The van der Waals surface area contributed by atoms with Crippen LogP contribution in [0.2, 0.25) is 0 Å². The third-order valence-corrected chi connectivity index (χ3v) is 7.33. The minimum Gasteiger partial charge on any atom is -0.495 e. The van der Waals surface area contributed by atoms with Gasteiger partial charge in [0.25, 0.3) is 0 Å². The summed E-state index contributed by atoms with van der Waals surface area (Å²) in [7, 11) is -0.0376. The topological polar surface area (TPSA) is 96.8 Å². The summed E-state index contributed by atoms with van der Waals surface area (Å²) in [6, 6.07) is 12.1. The summed E-state index contributed by atoms with van der Waals surface area (Å²) in [6.07, 6.45) is -2.75. The number of nitrogens with zero attached hydrogens (tertiary/aromatic N) is 1. The van der Waals surface area contributed by atoms with Gasteiger partial charge in [-0.25, -0.2) is 8.93 Å². The zero-order valence-electron chi connectivity index (χ0n) is 21.4. The molecule has 210 valence electrons. The molecule has 0 radical (unpaired) electrons. The van der Waals surface area contributed by atoms with Crippen LogP contribution in [0.15, 0.2) is 47.4 Å². The average Bonchev–Trinajstić information content (AvgIpc) is 3.27. The second-order valence-corrected chi connectivity index (χ2v) is 10.2. The first-order valence-electron chi connectivity index (χ1n) is 12.5. The van der Waals surface area contributed by atoms with Crippen LogP contribution in [0.1, 0.15) is 18.5 Å². The van der Waals surface area contributed by atoms with Crippen molar-refractivity contribution in [1.82, 2.24) is 9.29 Å². The van der Waals surface area contributed by atoms with Crippen molar-refractivity contribution in [3.63, 3.8) is 0 Å². The number of hydrogen-bond donors (Lipinski definition) is 4. The molecule has 1 unspecified atom stereocenters. The highest BCUT2D eigenvalue weighted by Crippen LogP contribution is 2.31. The first-order chi connectivity index (χ1) is 18.8. The number of hydrogen-bond acceptors (Lipinski definition) is 6. The van der Waals surface area contributed by atoms with Crippen LogP contribution in [0.5, 0.6) is 5.75 Å². The normalized spacial score (nSPS) is 15.0. The van der Waals surface area contributed by atoms with E-state index in [9.17, 15) is 17.4 Å². The zero-order valence-corrected chi connectivity index (χ0v) is 22.3. The van der Waals surface area contributed by atoms with Gasteiger partial charge < -0.3 is 29.8 Å². The zero-order chi connectivity index (χ0) is 27.8. The van der Waals surface area contributed by atoms with E-state index in [2.05, 4.69) is 27.2 Å². The van der Waals surface area contributed by atoms with Crippen LogP contribution in [0, 0.1) is 11.8 Å². The van der Waals surface area contributed by atoms with E-state index in [1.807, 2.05) is 6.07 Å². The molecule has 1 saturated heterocycles. The summed E-state index contributed by atoms with van der Waals surface area (Å²) < 4.78 is 67.4. The number of fused-ring (bicyclic) bond motifs is 1. The van der Waals surface area contributed by atoms with Gasteiger partial charge in [0.1, 0.15) is 23.3 Å². The molecular formula is C27H31F3N4O4S. The number of anilines is 2. The highest BCUT2D eigenvalue weighted by Gasteiger charge is 2.30. The van der Waals surface area contributed by atoms with Gasteiger partial charge in [-0.1, -0.05) is 12.0 Å². The predicted molar refractivity (Wildman–Crippen MR) is 145 cm³/mol. The molecule has 1 atom stereocenters. The summed E-state index contributed by atoms with van der Waals surface area (Å²) in [5.74, 6) is 6.24. The third-order valence-electron chi connectivity index (χ3n) is 6.18. The Labute approximate surface area is 227 Å². The fraction of sp³-hybridized carbons (Fsp3) is 0.407. The van der Waals surface area contributed by atoms with E-state index in [0.717, 1.165) is 18.5 Å². The number of alkyl halides is 3. The van der Waals surface area contributed by atoms with E-state index in [1.54, 1.807) is 36.4 Å². The van der Waals surface area contributed by atoms with E-state index in [4.69, 9.17) is 14.6 Å².